The van der Waals surface area contributed by atoms with Crippen LogP contribution < -0.4 is 4.74 Å². The van der Waals surface area contributed by atoms with Gasteiger partial charge in [-0.2, -0.15) is 0 Å². The summed E-state index contributed by atoms with van der Waals surface area (Å²) in [5.74, 6) is -0.206. The maximum absolute atomic E-state index is 11.6. The number of Topliss-reactive ketones (excluding diaryl/α,β-unsaturated/α-hetero) is 1. The molecule has 1 N–H and O–H groups in total. The number of phenols is 1. The van der Waals surface area contributed by atoms with Gasteiger partial charge in [0.05, 0.1) is 17.7 Å². The fourth-order valence-corrected chi connectivity index (χ4v) is 2.02. The molecule has 0 bridgehead atoms. The molecule has 0 aromatic heterocycles. The van der Waals surface area contributed by atoms with Gasteiger partial charge >= 0.3 is 5.97 Å². The largest absolute Gasteiger partial charge is 0.507 e. The van der Waals surface area contributed by atoms with Crippen LogP contribution >= 0.6 is 0 Å². The molecule has 0 aliphatic carbocycles. The van der Waals surface area contributed by atoms with E-state index in [-0.39, 0.29) is 29.7 Å². The van der Waals surface area contributed by atoms with Gasteiger partial charge in [0.25, 0.3) is 0 Å². The van der Waals surface area contributed by atoms with Crippen LogP contribution in [0.2, 0.25) is 0 Å². The van der Waals surface area contributed by atoms with E-state index in [2.05, 4.69) is 0 Å². The van der Waals surface area contributed by atoms with Gasteiger partial charge in [0.15, 0.2) is 5.78 Å². The van der Waals surface area contributed by atoms with Crippen molar-refractivity contribution in [1.82, 2.24) is 0 Å². The molecular weight excluding hydrogens is 296 g/mol. The second-order valence-corrected chi connectivity index (χ2v) is 4.94. The van der Waals surface area contributed by atoms with Crippen LogP contribution in [-0.2, 0) is 11.3 Å². The molecule has 120 valence electrons. The van der Waals surface area contributed by atoms with Gasteiger partial charge in [0.2, 0.25) is 0 Å². The molecule has 5 nitrogen and oxygen atoms in total. The number of hydrogen-bond donors (Lipinski definition) is 1. The summed E-state index contributed by atoms with van der Waals surface area (Å²) >= 11 is 0. The van der Waals surface area contributed by atoms with Gasteiger partial charge < -0.3 is 14.6 Å². The third-order valence-electron chi connectivity index (χ3n) is 3.22. The maximum Gasteiger partial charge on any atom is 0.338 e. The van der Waals surface area contributed by atoms with Gasteiger partial charge in [-0.1, -0.05) is 12.1 Å². The van der Waals surface area contributed by atoms with Crippen molar-refractivity contribution in [2.75, 3.05) is 6.61 Å². The zero-order valence-corrected chi connectivity index (χ0v) is 13.0. The Kier molecular flexibility index (Phi) is 5.36. The monoisotopic (exact) mass is 314 g/mol. The summed E-state index contributed by atoms with van der Waals surface area (Å²) in [6, 6.07) is 11.5. The highest BCUT2D eigenvalue weighted by atomic mass is 16.5. The number of carbonyl (C=O) groups is 2. The number of ketones is 1. The second kappa shape index (κ2) is 7.45. The first-order chi connectivity index (χ1) is 11.0. The first-order valence-corrected chi connectivity index (χ1v) is 7.24. The minimum absolute atomic E-state index is 0.104. The van der Waals surface area contributed by atoms with Crippen LogP contribution in [0.25, 0.3) is 0 Å². The average Bonchev–Trinajstić information content (AvgIpc) is 2.53. The Hall–Kier alpha value is -2.82. The summed E-state index contributed by atoms with van der Waals surface area (Å²) in [6.07, 6.45) is 0. The minimum Gasteiger partial charge on any atom is -0.507 e. The van der Waals surface area contributed by atoms with Crippen molar-refractivity contribution >= 4 is 11.8 Å². The Morgan fingerprint density at radius 1 is 1.09 bits per heavy atom. The Bertz CT molecular complexity index is 704. The summed E-state index contributed by atoms with van der Waals surface area (Å²) in [5.41, 5.74) is 1.61. The topological polar surface area (TPSA) is 72.8 Å². The molecule has 0 aliphatic heterocycles. The van der Waals surface area contributed by atoms with Gasteiger partial charge in [-0.15, -0.1) is 0 Å². The van der Waals surface area contributed by atoms with E-state index in [1.807, 2.05) is 0 Å². The van der Waals surface area contributed by atoms with Gasteiger partial charge in [-0.05, 0) is 43.7 Å². The number of benzene rings is 2. The van der Waals surface area contributed by atoms with Crippen LogP contribution in [0.3, 0.4) is 0 Å². The van der Waals surface area contributed by atoms with Crippen LogP contribution in [0.1, 0.15) is 40.1 Å². The first kappa shape index (κ1) is 16.5. The zero-order valence-electron chi connectivity index (χ0n) is 13.0. The molecule has 2 aromatic rings. The molecule has 0 unspecified atom stereocenters. The molecule has 2 rings (SSSR count). The van der Waals surface area contributed by atoms with Crippen LogP contribution in [0, 0.1) is 0 Å². The van der Waals surface area contributed by atoms with Gasteiger partial charge in [-0.25, -0.2) is 4.79 Å². The standard InChI is InChI=1S/C18H18O5/c1-3-22-18(21)14-6-4-13(5-7-14)11-23-15-8-9-16(12(2)19)17(20)10-15/h4-10,20H,3,11H2,1-2H3. The highest BCUT2D eigenvalue weighted by Crippen LogP contribution is 2.24. The molecule has 0 atom stereocenters. The van der Waals surface area contributed by atoms with Gasteiger partial charge in [-0.3, -0.25) is 4.79 Å². The van der Waals surface area contributed by atoms with Crippen molar-refractivity contribution in [3.05, 3.63) is 59.2 Å². The van der Waals surface area contributed by atoms with E-state index in [4.69, 9.17) is 9.47 Å². The summed E-state index contributed by atoms with van der Waals surface area (Å²) < 4.78 is 10.5. The number of hydrogen-bond acceptors (Lipinski definition) is 5. The minimum atomic E-state index is -0.357. The molecule has 0 spiro atoms. The normalized spacial score (nSPS) is 10.2. The Labute approximate surface area is 134 Å². The van der Waals surface area contributed by atoms with Crippen LogP contribution in [-0.4, -0.2) is 23.5 Å². The van der Waals surface area contributed by atoms with Crippen molar-refractivity contribution in [2.24, 2.45) is 0 Å². The fourth-order valence-electron chi connectivity index (χ4n) is 2.02. The van der Waals surface area contributed by atoms with Crippen molar-refractivity contribution in [3.8, 4) is 11.5 Å². The second-order valence-electron chi connectivity index (χ2n) is 4.94. The van der Waals surface area contributed by atoms with E-state index in [9.17, 15) is 14.7 Å². The zero-order chi connectivity index (χ0) is 16.8. The highest BCUT2D eigenvalue weighted by molar-refractivity contribution is 5.96. The molecule has 0 saturated heterocycles. The third-order valence-corrected chi connectivity index (χ3v) is 3.22. The molecule has 0 fully saturated rings. The van der Waals surface area contributed by atoms with E-state index in [1.54, 1.807) is 37.3 Å². The summed E-state index contributed by atoms with van der Waals surface area (Å²) in [7, 11) is 0. The quantitative estimate of drug-likeness (QED) is 0.654. The van der Waals surface area contributed by atoms with Crippen LogP contribution in [0.15, 0.2) is 42.5 Å². The smallest absolute Gasteiger partial charge is 0.338 e. The maximum atomic E-state index is 11.6. The van der Waals surface area contributed by atoms with Crippen molar-refractivity contribution in [1.29, 1.82) is 0 Å². The molecular formula is C18H18O5. The van der Waals surface area contributed by atoms with Gasteiger partial charge in [0, 0.05) is 6.07 Å². The number of aromatic hydroxyl groups is 1. The lowest BCUT2D eigenvalue weighted by Crippen LogP contribution is -2.04. The Balaban J connectivity index is 1.99. The van der Waals surface area contributed by atoms with E-state index >= 15 is 0 Å². The predicted molar refractivity (Wildman–Crippen MR) is 84.8 cm³/mol. The molecule has 5 heteroatoms. The van der Waals surface area contributed by atoms with E-state index in [1.165, 1.54) is 19.1 Å². The molecule has 0 aliphatic rings. The van der Waals surface area contributed by atoms with Crippen LogP contribution in [0.5, 0.6) is 11.5 Å². The molecule has 0 heterocycles. The third kappa shape index (κ3) is 4.32. The summed E-state index contributed by atoms with van der Waals surface area (Å²) in [6.45, 7) is 3.76. The summed E-state index contributed by atoms with van der Waals surface area (Å²) in [4.78, 5) is 22.8. The number of ether oxygens (including phenoxy) is 2. The molecule has 0 amide bonds. The molecule has 23 heavy (non-hydrogen) atoms. The predicted octanol–water partition coefficient (Wildman–Crippen LogP) is 3.35. The number of rotatable bonds is 6. The Morgan fingerprint density at radius 3 is 2.35 bits per heavy atom. The van der Waals surface area contributed by atoms with E-state index < -0.39 is 0 Å². The molecule has 0 radical (unpaired) electrons. The number of phenolic OH excluding ortho intramolecular Hbond substituents is 1. The number of esters is 1. The summed E-state index contributed by atoms with van der Waals surface area (Å²) in [5, 5.41) is 9.75. The Morgan fingerprint density at radius 2 is 1.78 bits per heavy atom. The SMILES string of the molecule is CCOC(=O)c1ccc(COc2ccc(C(C)=O)c(O)c2)cc1. The molecule has 0 saturated carbocycles. The lowest BCUT2D eigenvalue weighted by atomic mass is 10.1. The first-order valence-electron chi connectivity index (χ1n) is 7.24. The lowest BCUT2D eigenvalue weighted by Gasteiger charge is -2.09. The van der Waals surface area contributed by atoms with E-state index in [0.29, 0.717) is 17.9 Å². The lowest BCUT2D eigenvalue weighted by molar-refractivity contribution is 0.0526. The highest BCUT2D eigenvalue weighted by Gasteiger charge is 2.08. The average molecular weight is 314 g/mol. The van der Waals surface area contributed by atoms with Crippen LogP contribution in [0.4, 0.5) is 0 Å². The molecule has 2 aromatic carbocycles. The fraction of sp³-hybridized carbons (Fsp3) is 0.222. The van der Waals surface area contributed by atoms with Gasteiger partial charge in [0.1, 0.15) is 18.1 Å². The van der Waals surface area contributed by atoms with Crippen molar-refractivity contribution in [2.45, 2.75) is 20.5 Å². The number of carbonyl (C=O) groups excluding carboxylic acids is 2. The van der Waals surface area contributed by atoms with Crippen molar-refractivity contribution in [3.63, 3.8) is 0 Å². The van der Waals surface area contributed by atoms with E-state index in [0.717, 1.165) is 5.56 Å². The van der Waals surface area contributed by atoms with Crippen molar-refractivity contribution < 1.29 is 24.2 Å².